The minimum Gasteiger partial charge on any atom is -0.314 e. The monoisotopic (exact) mass is 311 g/mol. The molecule has 1 saturated heterocycles. The second-order valence-corrected chi connectivity index (χ2v) is 7.72. The van der Waals surface area contributed by atoms with Crippen molar-refractivity contribution in [3.8, 4) is 0 Å². The number of nitrogens with one attached hydrogen (secondary N) is 1. The van der Waals surface area contributed by atoms with Crippen molar-refractivity contribution in [1.29, 1.82) is 0 Å². The maximum atomic E-state index is 5.19. The lowest BCUT2D eigenvalue weighted by Gasteiger charge is -2.33. The molecule has 0 radical (unpaired) electrons. The highest BCUT2D eigenvalue weighted by atomic mass is 15.5. The van der Waals surface area contributed by atoms with Gasteiger partial charge < -0.3 is 5.32 Å². The van der Waals surface area contributed by atoms with Crippen molar-refractivity contribution in [1.82, 2.24) is 10.3 Å². The van der Waals surface area contributed by atoms with Crippen LogP contribution in [0, 0.1) is 12.8 Å². The quantitative estimate of drug-likeness (QED) is 0.892. The molecule has 1 aliphatic carbocycles. The first-order valence-electron chi connectivity index (χ1n) is 9.38. The average Bonchev–Trinajstić information content (AvgIpc) is 3.13. The molecular formula is C20H29N3. The summed E-state index contributed by atoms with van der Waals surface area (Å²) < 4.78 is 0. The maximum Gasteiger partial charge on any atom is 0.0804 e. The summed E-state index contributed by atoms with van der Waals surface area (Å²) in [6.07, 6.45) is 7.70. The first kappa shape index (κ1) is 15.2. The molecular weight excluding hydrogens is 282 g/mol. The van der Waals surface area contributed by atoms with Gasteiger partial charge in [-0.05, 0) is 45.2 Å². The van der Waals surface area contributed by atoms with Crippen LogP contribution in [0.1, 0.15) is 62.6 Å². The normalized spacial score (nSPS) is 31.8. The van der Waals surface area contributed by atoms with Gasteiger partial charge in [0.25, 0.3) is 0 Å². The zero-order valence-corrected chi connectivity index (χ0v) is 14.5. The molecule has 1 saturated carbocycles. The van der Waals surface area contributed by atoms with Gasteiger partial charge in [0.1, 0.15) is 0 Å². The van der Waals surface area contributed by atoms with Crippen LogP contribution in [0.5, 0.6) is 0 Å². The molecule has 23 heavy (non-hydrogen) atoms. The molecule has 0 spiro atoms. The number of hydrogen-bond donors (Lipinski definition) is 1. The molecule has 0 aromatic heterocycles. The highest BCUT2D eigenvalue weighted by Crippen LogP contribution is 2.43. The van der Waals surface area contributed by atoms with Crippen LogP contribution in [0.2, 0.25) is 0 Å². The number of rotatable bonds is 2. The SMILES string of the molecule is Cc1ccc(C2C3CCNC(C)CC3=NN2C2CCCC2)cc1. The summed E-state index contributed by atoms with van der Waals surface area (Å²) in [6, 6.07) is 10.9. The van der Waals surface area contributed by atoms with Crippen molar-refractivity contribution >= 4 is 5.71 Å². The van der Waals surface area contributed by atoms with E-state index in [4.69, 9.17) is 5.10 Å². The van der Waals surface area contributed by atoms with Crippen molar-refractivity contribution in [3.63, 3.8) is 0 Å². The van der Waals surface area contributed by atoms with Gasteiger partial charge in [0.2, 0.25) is 0 Å². The van der Waals surface area contributed by atoms with Crippen LogP contribution in [0.15, 0.2) is 29.4 Å². The van der Waals surface area contributed by atoms with Crippen molar-refractivity contribution in [2.75, 3.05) is 6.54 Å². The molecule has 1 aromatic rings. The third-order valence-corrected chi connectivity index (χ3v) is 5.92. The first-order valence-corrected chi connectivity index (χ1v) is 9.38. The Hall–Kier alpha value is -1.35. The highest BCUT2D eigenvalue weighted by Gasteiger charge is 2.42. The number of benzene rings is 1. The number of fused-ring (bicyclic) bond motifs is 1. The third-order valence-electron chi connectivity index (χ3n) is 5.92. The van der Waals surface area contributed by atoms with Crippen LogP contribution >= 0.6 is 0 Å². The van der Waals surface area contributed by atoms with E-state index in [9.17, 15) is 0 Å². The Morgan fingerprint density at radius 3 is 2.57 bits per heavy atom. The van der Waals surface area contributed by atoms with Crippen molar-refractivity contribution in [2.45, 2.75) is 70.5 Å². The molecule has 124 valence electrons. The van der Waals surface area contributed by atoms with E-state index in [0.29, 0.717) is 24.0 Å². The minimum absolute atomic E-state index is 0.459. The summed E-state index contributed by atoms with van der Waals surface area (Å²) >= 11 is 0. The summed E-state index contributed by atoms with van der Waals surface area (Å²) in [5.74, 6) is 0.593. The fraction of sp³-hybridized carbons (Fsp3) is 0.650. The zero-order valence-electron chi connectivity index (χ0n) is 14.5. The van der Waals surface area contributed by atoms with E-state index < -0.39 is 0 Å². The molecule has 4 rings (SSSR count). The molecule has 2 heterocycles. The Morgan fingerprint density at radius 2 is 1.83 bits per heavy atom. The molecule has 1 N–H and O–H groups in total. The van der Waals surface area contributed by atoms with Crippen molar-refractivity contribution in [2.24, 2.45) is 11.0 Å². The molecule has 3 atom stereocenters. The standard InChI is InChI=1S/C20H29N3/c1-14-7-9-16(10-8-14)20-18-11-12-21-15(2)13-19(18)22-23(20)17-5-3-4-6-17/h7-10,15,17-18,20-21H,3-6,11-13H2,1-2H3. The molecule has 3 aliphatic rings. The van der Waals surface area contributed by atoms with Crippen LogP contribution in [0.25, 0.3) is 0 Å². The van der Waals surface area contributed by atoms with E-state index in [0.717, 1.165) is 13.0 Å². The van der Waals surface area contributed by atoms with Crippen LogP contribution in [-0.2, 0) is 0 Å². The van der Waals surface area contributed by atoms with Crippen molar-refractivity contribution in [3.05, 3.63) is 35.4 Å². The van der Waals surface area contributed by atoms with E-state index in [1.807, 2.05) is 0 Å². The molecule has 3 unspecified atom stereocenters. The van der Waals surface area contributed by atoms with Gasteiger partial charge in [-0.25, -0.2) is 0 Å². The molecule has 1 aromatic carbocycles. The van der Waals surface area contributed by atoms with Crippen LogP contribution in [0.3, 0.4) is 0 Å². The molecule has 2 fully saturated rings. The third kappa shape index (κ3) is 2.91. The zero-order chi connectivity index (χ0) is 15.8. The van der Waals surface area contributed by atoms with Crippen LogP contribution < -0.4 is 5.32 Å². The number of hydrazone groups is 1. The largest absolute Gasteiger partial charge is 0.314 e. The summed E-state index contributed by atoms with van der Waals surface area (Å²) in [4.78, 5) is 0. The Bertz CT molecular complexity index is 571. The van der Waals surface area contributed by atoms with Gasteiger partial charge in [0.15, 0.2) is 0 Å². The highest BCUT2D eigenvalue weighted by molar-refractivity contribution is 5.89. The average molecular weight is 311 g/mol. The lowest BCUT2D eigenvalue weighted by molar-refractivity contribution is 0.137. The van der Waals surface area contributed by atoms with E-state index in [2.05, 4.69) is 48.4 Å². The van der Waals surface area contributed by atoms with Crippen molar-refractivity contribution < 1.29 is 0 Å². The fourth-order valence-electron chi connectivity index (χ4n) is 4.67. The van der Waals surface area contributed by atoms with Crippen LogP contribution in [0.4, 0.5) is 0 Å². The smallest absolute Gasteiger partial charge is 0.0804 e. The Balaban J connectivity index is 1.69. The predicted octanol–water partition coefficient (Wildman–Crippen LogP) is 4.04. The lowest BCUT2D eigenvalue weighted by atomic mass is 9.85. The van der Waals surface area contributed by atoms with E-state index in [1.54, 1.807) is 0 Å². The summed E-state index contributed by atoms with van der Waals surface area (Å²) in [5, 5.41) is 11.3. The Morgan fingerprint density at radius 1 is 1.09 bits per heavy atom. The number of hydrogen-bond acceptors (Lipinski definition) is 3. The van der Waals surface area contributed by atoms with E-state index in [-0.39, 0.29) is 0 Å². The fourth-order valence-corrected chi connectivity index (χ4v) is 4.67. The van der Waals surface area contributed by atoms with Gasteiger partial charge in [0.05, 0.1) is 6.04 Å². The lowest BCUT2D eigenvalue weighted by Crippen LogP contribution is -2.33. The van der Waals surface area contributed by atoms with E-state index >= 15 is 0 Å². The van der Waals surface area contributed by atoms with Gasteiger partial charge in [-0.2, -0.15) is 5.10 Å². The molecule has 3 heteroatoms. The second-order valence-electron chi connectivity index (χ2n) is 7.72. The maximum absolute atomic E-state index is 5.19. The minimum atomic E-state index is 0.459. The summed E-state index contributed by atoms with van der Waals surface area (Å²) in [6.45, 7) is 5.59. The van der Waals surface area contributed by atoms with Crippen LogP contribution in [-0.4, -0.2) is 29.3 Å². The second kappa shape index (κ2) is 6.27. The van der Waals surface area contributed by atoms with Gasteiger partial charge in [-0.15, -0.1) is 0 Å². The Kier molecular flexibility index (Phi) is 4.14. The first-order chi connectivity index (χ1) is 11.2. The number of nitrogens with zero attached hydrogens (tertiary/aromatic N) is 2. The Labute approximate surface area is 140 Å². The number of aryl methyl sites for hydroxylation is 1. The molecule has 0 bridgehead atoms. The molecule has 0 amide bonds. The topological polar surface area (TPSA) is 27.6 Å². The van der Waals surface area contributed by atoms with E-state index in [1.165, 1.54) is 48.9 Å². The molecule has 2 aliphatic heterocycles. The summed E-state index contributed by atoms with van der Waals surface area (Å²) in [5.41, 5.74) is 4.25. The molecule has 3 nitrogen and oxygen atoms in total. The summed E-state index contributed by atoms with van der Waals surface area (Å²) in [7, 11) is 0. The predicted molar refractivity (Wildman–Crippen MR) is 95.6 cm³/mol. The van der Waals surface area contributed by atoms with Gasteiger partial charge in [-0.1, -0.05) is 42.7 Å². The van der Waals surface area contributed by atoms with Gasteiger partial charge in [0, 0.05) is 30.1 Å². The van der Waals surface area contributed by atoms with Gasteiger partial charge >= 0.3 is 0 Å². The van der Waals surface area contributed by atoms with Gasteiger partial charge in [-0.3, -0.25) is 5.01 Å².